The molecular weight excluding hydrogens is 234 g/mol. The van der Waals surface area contributed by atoms with E-state index in [-0.39, 0.29) is 11.8 Å². The smallest absolute Gasteiger partial charge is 0.354 e. The monoisotopic (exact) mass is 251 g/mol. The predicted molar refractivity (Wildman–Crippen MR) is 67.9 cm³/mol. The van der Waals surface area contributed by atoms with Gasteiger partial charge in [0.25, 0.3) is 0 Å². The lowest BCUT2D eigenvalue weighted by Gasteiger charge is -2.23. The van der Waals surface area contributed by atoms with Gasteiger partial charge in [0.15, 0.2) is 11.5 Å². The summed E-state index contributed by atoms with van der Waals surface area (Å²) >= 11 is 0. The Morgan fingerprint density at radius 3 is 3.06 bits per heavy atom. The van der Waals surface area contributed by atoms with E-state index < -0.39 is 5.97 Å². The number of aromatic nitrogens is 1. The third kappa shape index (κ3) is 2.70. The Hall–Kier alpha value is -1.82. The molecule has 1 aliphatic rings. The molecule has 2 heterocycles. The Labute approximate surface area is 105 Å². The molecule has 1 atom stereocenters. The number of nitrogens with zero attached hydrogens (tertiary/aromatic N) is 2. The van der Waals surface area contributed by atoms with Gasteiger partial charge in [0.2, 0.25) is 0 Å². The summed E-state index contributed by atoms with van der Waals surface area (Å²) in [6, 6.07) is 2.97. The molecule has 1 aliphatic heterocycles. The van der Waals surface area contributed by atoms with Crippen LogP contribution in [-0.2, 0) is 4.74 Å². The number of pyridine rings is 1. The van der Waals surface area contributed by atoms with Crippen molar-refractivity contribution >= 4 is 17.5 Å². The van der Waals surface area contributed by atoms with E-state index >= 15 is 0 Å². The summed E-state index contributed by atoms with van der Waals surface area (Å²) in [5, 5.41) is 8.92. The number of carboxylic acids is 1. The van der Waals surface area contributed by atoms with E-state index in [1.165, 1.54) is 6.07 Å². The number of rotatable bonds is 4. The van der Waals surface area contributed by atoms with Crippen molar-refractivity contribution in [3.05, 3.63) is 17.8 Å². The van der Waals surface area contributed by atoms with Gasteiger partial charge in [-0.25, -0.2) is 9.78 Å². The van der Waals surface area contributed by atoms with Gasteiger partial charge in [-0.1, -0.05) is 0 Å². The van der Waals surface area contributed by atoms with Crippen LogP contribution in [0.2, 0.25) is 0 Å². The van der Waals surface area contributed by atoms with Gasteiger partial charge in [-0.15, -0.1) is 0 Å². The largest absolute Gasteiger partial charge is 0.477 e. The van der Waals surface area contributed by atoms with Gasteiger partial charge in [-0.2, -0.15) is 0 Å². The van der Waals surface area contributed by atoms with Crippen LogP contribution in [0.3, 0.4) is 0 Å². The molecule has 0 bridgehead atoms. The second kappa shape index (κ2) is 5.22. The molecule has 2 rings (SSSR count). The van der Waals surface area contributed by atoms with Crippen LogP contribution in [0, 0.1) is 0 Å². The van der Waals surface area contributed by atoms with Crippen molar-refractivity contribution in [1.29, 1.82) is 0 Å². The molecule has 0 amide bonds. The van der Waals surface area contributed by atoms with E-state index in [9.17, 15) is 4.79 Å². The molecular formula is C12H17N3O3. The highest BCUT2D eigenvalue weighted by Gasteiger charge is 2.20. The second-order valence-corrected chi connectivity index (χ2v) is 4.43. The minimum atomic E-state index is -1.05. The van der Waals surface area contributed by atoms with Gasteiger partial charge >= 0.3 is 5.97 Å². The average molecular weight is 251 g/mol. The molecule has 0 aliphatic carbocycles. The fourth-order valence-corrected chi connectivity index (χ4v) is 2.06. The quantitative estimate of drug-likeness (QED) is 0.829. The standard InChI is InChI=1S/C12H17N3O3/c1-15(7-8-3-2-6-18-8)11-9(13)4-5-10(14-11)12(16)17/h4-5,8H,2-3,6-7,13H2,1H3,(H,16,17). The first-order valence-electron chi connectivity index (χ1n) is 5.90. The van der Waals surface area contributed by atoms with Crippen LogP contribution in [0.4, 0.5) is 11.5 Å². The number of hydrogen-bond donors (Lipinski definition) is 2. The first-order chi connectivity index (χ1) is 8.58. The van der Waals surface area contributed by atoms with Crippen LogP contribution in [-0.4, -0.2) is 42.4 Å². The molecule has 3 N–H and O–H groups in total. The lowest BCUT2D eigenvalue weighted by Crippen LogP contribution is -2.30. The molecule has 1 fully saturated rings. The van der Waals surface area contributed by atoms with Gasteiger partial charge in [0.1, 0.15) is 0 Å². The number of hydrogen-bond acceptors (Lipinski definition) is 5. The highest BCUT2D eigenvalue weighted by atomic mass is 16.5. The predicted octanol–water partition coefficient (Wildman–Crippen LogP) is 0.977. The fourth-order valence-electron chi connectivity index (χ4n) is 2.06. The molecule has 1 unspecified atom stereocenters. The molecule has 0 radical (unpaired) electrons. The Morgan fingerprint density at radius 1 is 1.67 bits per heavy atom. The third-order valence-electron chi connectivity index (χ3n) is 2.99. The van der Waals surface area contributed by atoms with Crippen LogP contribution in [0.5, 0.6) is 0 Å². The first-order valence-corrected chi connectivity index (χ1v) is 5.90. The van der Waals surface area contributed by atoms with Crippen molar-refractivity contribution in [1.82, 2.24) is 4.98 Å². The summed E-state index contributed by atoms with van der Waals surface area (Å²) < 4.78 is 5.54. The number of ether oxygens (including phenoxy) is 1. The van der Waals surface area contributed by atoms with E-state index in [0.717, 1.165) is 19.4 Å². The van der Waals surface area contributed by atoms with E-state index in [2.05, 4.69) is 4.98 Å². The van der Waals surface area contributed by atoms with Crippen molar-refractivity contribution in [3.63, 3.8) is 0 Å². The Kier molecular flexibility index (Phi) is 3.66. The molecule has 6 nitrogen and oxygen atoms in total. The summed E-state index contributed by atoms with van der Waals surface area (Å²) in [5.74, 6) is -0.563. The van der Waals surface area contributed by atoms with Crippen molar-refractivity contribution in [2.45, 2.75) is 18.9 Å². The van der Waals surface area contributed by atoms with E-state index in [4.69, 9.17) is 15.6 Å². The maximum atomic E-state index is 10.9. The summed E-state index contributed by atoms with van der Waals surface area (Å²) in [6.45, 7) is 1.46. The van der Waals surface area contributed by atoms with Gasteiger partial charge in [0.05, 0.1) is 11.8 Å². The molecule has 0 spiro atoms. The molecule has 98 valence electrons. The number of carboxylic acid groups (broad SMARTS) is 1. The van der Waals surface area contributed by atoms with Crippen LogP contribution in [0.25, 0.3) is 0 Å². The normalized spacial score (nSPS) is 18.8. The summed E-state index contributed by atoms with van der Waals surface area (Å²) in [6.07, 6.45) is 2.25. The number of anilines is 2. The van der Waals surface area contributed by atoms with Crippen molar-refractivity contribution in [2.24, 2.45) is 0 Å². The zero-order valence-corrected chi connectivity index (χ0v) is 10.3. The number of carbonyl (C=O) groups is 1. The number of aromatic carboxylic acids is 1. The Balaban J connectivity index is 2.14. The minimum Gasteiger partial charge on any atom is -0.477 e. The summed E-state index contributed by atoms with van der Waals surface area (Å²) in [7, 11) is 1.84. The van der Waals surface area contributed by atoms with Crippen LogP contribution in [0.15, 0.2) is 12.1 Å². The van der Waals surface area contributed by atoms with E-state index in [1.54, 1.807) is 6.07 Å². The molecule has 1 aromatic heterocycles. The molecule has 18 heavy (non-hydrogen) atoms. The Morgan fingerprint density at radius 2 is 2.44 bits per heavy atom. The van der Waals surface area contributed by atoms with E-state index in [0.29, 0.717) is 18.1 Å². The Bertz CT molecular complexity index is 444. The van der Waals surface area contributed by atoms with E-state index in [1.807, 2.05) is 11.9 Å². The molecule has 0 saturated carbocycles. The van der Waals surface area contributed by atoms with Gasteiger partial charge in [-0.3, -0.25) is 0 Å². The third-order valence-corrected chi connectivity index (χ3v) is 2.99. The van der Waals surface area contributed by atoms with Crippen molar-refractivity contribution in [3.8, 4) is 0 Å². The summed E-state index contributed by atoms with van der Waals surface area (Å²) in [5.41, 5.74) is 6.30. The molecule has 6 heteroatoms. The highest BCUT2D eigenvalue weighted by molar-refractivity contribution is 5.86. The SMILES string of the molecule is CN(CC1CCCO1)c1nc(C(=O)O)ccc1N. The van der Waals surface area contributed by atoms with Crippen LogP contribution in [0.1, 0.15) is 23.3 Å². The topological polar surface area (TPSA) is 88.7 Å². The second-order valence-electron chi connectivity index (χ2n) is 4.43. The lowest BCUT2D eigenvalue weighted by atomic mass is 10.2. The van der Waals surface area contributed by atoms with Crippen molar-refractivity contribution in [2.75, 3.05) is 30.8 Å². The molecule has 1 aromatic rings. The number of nitrogens with two attached hydrogens (primary N) is 1. The average Bonchev–Trinajstić information content (AvgIpc) is 2.81. The minimum absolute atomic E-state index is 0.00149. The zero-order valence-electron chi connectivity index (χ0n) is 10.3. The maximum absolute atomic E-state index is 10.9. The van der Waals surface area contributed by atoms with Gasteiger partial charge < -0.3 is 20.5 Å². The number of nitrogen functional groups attached to an aromatic ring is 1. The number of likely N-dealkylation sites (N-methyl/N-ethyl adjacent to an activating group) is 1. The first kappa shape index (κ1) is 12.6. The zero-order chi connectivity index (χ0) is 13.1. The van der Waals surface area contributed by atoms with Gasteiger partial charge in [0, 0.05) is 20.2 Å². The van der Waals surface area contributed by atoms with Crippen LogP contribution >= 0.6 is 0 Å². The lowest BCUT2D eigenvalue weighted by molar-refractivity contribution is 0.0690. The maximum Gasteiger partial charge on any atom is 0.354 e. The summed E-state index contributed by atoms with van der Waals surface area (Å²) in [4.78, 5) is 16.8. The van der Waals surface area contributed by atoms with Crippen molar-refractivity contribution < 1.29 is 14.6 Å². The highest BCUT2D eigenvalue weighted by Crippen LogP contribution is 2.22. The fraction of sp³-hybridized carbons (Fsp3) is 0.500. The molecule has 1 saturated heterocycles. The molecule has 0 aromatic carbocycles. The van der Waals surface area contributed by atoms with Gasteiger partial charge in [-0.05, 0) is 25.0 Å². The van der Waals surface area contributed by atoms with Crippen LogP contribution < -0.4 is 10.6 Å².